The second kappa shape index (κ2) is 7.51. The maximum Gasteiger partial charge on any atom is 0.277 e. The summed E-state index contributed by atoms with van der Waals surface area (Å²) in [6.45, 7) is 5.43. The number of nitrogens with two attached hydrogens (primary N) is 2. The van der Waals surface area contributed by atoms with Crippen LogP contribution in [0.4, 0.5) is 17.7 Å². The van der Waals surface area contributed by atoms with E-state index in [-0.39, 0.29) is 18.0 Å². The number of hydrogen-bond donors (Lipinski definition) is 2. The Bertz CT molecular complexity index is 1090. The van der Waals surface area contributed by atoms with Gasteiger partial charge in [-0.25, -0.2) is 20.1 Å². The second-order valence-electron chi connectivity index (χ2n) is 8.08. The van der Waals surface area contributed by atoms with Crippen LogP contribution in [0, 0.1) is 0 Å². The molecule has 0 radical (unpaired) electrons. The highest BCUT2D eigenvalue weighted by Crippen LogP contribution is 2.38. The van der Waals surface area contributed by atoms with Gasteiger partial charge in [0.1, 0.15) is 5.82 Å². The fourth-order valence-corrected chi connectivity index (χ4v) is 5.06. The van der Waals surface area contributed by atoms with Crippen LogP contribution >= 0.6 is 0 Å². The number of ether oxygens (including phenoxy) is 1. The Morgan fingerprint density at radius 1 is 1.13 bits per heavy atom. The predicted molar refractivity (Wildman–Crippen MR) is 115 cm³/mol. The van der Waals surface area contributed by atoms with Gasteiger partial charge in [-0.1, -0.05) is 0 Å². The van der Waals surface area contributed by atoms with Gasteiger partial charge in [0.2, 0.25) is 11.9 Å². The van der Waals surface area contributed by atoms with E-state index in [9.17, 15) is 8.42 Å². The molecule has 4 N–H and O–H groups in total. The summed E-state index contributed by atoms with van der Waals surface area (Å²) in [4.78, 5) is 22.4. The van der Waals surface area contributed by atoms with Crippen molar-refractivity contribution < 1.29 is 13.2 Å². The van der Waals surface area contributed by atoms with Crippen LogP contribution in [0.15, 0.2) is 12.4 Å². The standard InChI is InChI=1S/C18H25N9O3S/c1-11-10-30-5-4-26(11)18-23-15(12-6-21-17(19)22-7-12)14-2-3-27(16(14)24-18)13-8-25(9-13)31(20,28)29/h6-7,11,13H,2-5,8-10H2,1H3,(H2,19,21,22)(H2,20,28,29)/t11-/m0/s1. The summed E-state index contributed by atoms with van der Waals surface area (Å²) in [5.41, 5.74) is 8.23. The van der Waals surface area contributed by atoms with E-state index in [2.05, 4.69) is 26.7 Å². The number of nitrogens with zero attached hydrogens (tertiary/aromatic N) is 7. The zero-order valence-electron chi connectivity index (χ0n) is 17.2. The number of aromatic nitrogens is 4. The van der Waals surface area contributed by atoms with Crippen molar-refractivity contribution >= 4 is 27.9 Å². The van der Waals surface area contributed by atoms with Gasteiger partial charge in [-0.05, 0) is 13.3 Å². The molecule has 2 fully saturated rings. The predicted octanol–water partition coefficient (Wildman–Crippen LogP) is -1.01. The summed E-state index contributed by atoms with van der Waals surface area (Å²) in [6, 6.07) is 0.165. The average molecular weight is 448 g/mol. The van der Waals surface area contributed by atoms with Crippen LogP contribution < -0.4 is 20.7 Å². The molecule has 0 spiro atoms. The van der Waals surface area contributed by atoms with Crippen molar-refractivity contribution in [2.75, 3.05) is 54.9 Å². The fourth-order valence-electron chi connectivity index (χ4n) is 4.30. The average Bonchev–Trinajstić information content (AvgIpc) is 3.10. The molecule has 1 atom stereocenters. The van der Waals surface area contributed by atoms with E-state index >= 15 is 0 Å². The first-order valence-electron chi connectivity index (χ1n) is 10.2. The molecule has 12 nitrogen and oxygen atoms in total. The Hall–Kier alpha value is -2.61. The number of anilines is 3. The summed E-state index contributed by atoms with van der Waals surface area (Å²) in [5.74, 6) is 1.65. The molecular weight excluding hydrogens is 422 g/mol. The number of rotatable bonds is 4. The van der Waals surface area contributed by atoms with Crippen LogP contribution in [-0.4, -0.2) is 84.1 Å². The molecule has 13 heteroatoms. The van der Waals surface area contributed by atoms with Gasteiger partial charge in [0, 0.05) is 49.7 Å². The fraction of sp³-hybridized carbons (Fsp3) is 0.556. The highest BCUT2D eigenvalue weighted by Gasteiger charge is 2.41. The summed E-state index contributed by atoms with van der Waals surface area (Å²) in [7, 11) is -3.67. The zero-order valence-corrected chi connectivity index (χ0v) is 18.0. The Morgan fingerprint density at radius 3 is 2.55 bits per heavy atom. The number of fused-ring (bicyclic) bond motifs is 1. The molecular formula is C18H25N9O3S. The van der Waals surface area contributed by atoms with Gasteiger partial charge in [0.25, 0.3) is 10.2 Å². The molecule has 3 aliphatic rings. The van der Waals surface area contributed by atoms with Gasteiger partial charge in [-0.2, -0.15) is 17.7 Å². The number of morpholine rings is 1. The molecule has 0 bridgehead atoms. The minimum absolute atomic E-state index is 0.0277. The molecule has 31 heavy (non-hydrogen) atoms. The van der Waals surface area contributed by atoms with Crippen molar-refractivity contribution in [2.24, 2.45) is 5.14 Å². The topological polar surface area (TPSA) is 157 Å². The molecule has 5 heterocycles. The van der Waals surface area contributed by atoms with E-state index in [0.717, 1.165) is 35.6 Å². The van der Waals surface area contributed by atoms with Gasteiger partial charge in [0.05, 0.1) is 31.0 Å². The maximum atomic E-state index is 11.6. The molecule has 5 rings (SSSR count). The summed E-state index contributed by atoms with van der Waals surface area (Å²) in [5, 5.41) is 5.26. The molecule has 2 aromatic rings. The summed E-state index contributed by atoms with van der Waals surface area (Å²) in [6.07, 6.45) is 4.10. The maximum absolute atomic E-state index is 11.6. The summed E-state index contributed by atoms with van der Waals surface area (Å²) >= 11 is 0. The Kier molecular flexibility index (Phi) is 4.92. The van der Waals surface area contributed by atoms with Crippen LogP contribution in [0.5, 0.6) is 0 Å². The molecule has 2 aromatic heterocycles. The lowest BCUT2D eigenvalue weighted by atomic mass is 10.1. The molecule has 0 aromatic carbocycles. The Labute approximate surface area is 180 Å². The van der Waals surface area contributed by atoms with E-state index in [4.69, 9.17) is 25.6 Å². The molecule has 0 saturated carbocycles. The largest absolute Gasteiger partial charge is 0.377 e. The molecule has 166 valence electrons. The lowest BCUT2D eigenvalue weighted by Gasteiger charge is -2.43. The van der Waals surface area contributed by atoms with Crippen molar-refractivity contribution in [1.82, 2.24) is 24.2 Å². The second-order valence-corrected chi connectivity index (χ2v) is 9.63. The Balaban J connectivity index is 1.54. The third-order valence-corrected chi connectivity index (χ3v) is 7.07. The normalized spacial score (nSPS) is 22.5. The number of nitrogen functional groups attached to an aromatic ring is 1. The van der Waals surface area contributed by atoms with Gasteiger partial charge in [-0.15, -0.1) is 0 Å². The lowest BCUT2D eigenvalue weighted by Crippen LogP contribution is -2.62. The smallest absolute Gasteiger partial charge is 0.277 e. The first-order chi connectivity index (χ1) is 14.8. The highest BCUT2D eigenvalue weighted by molar-refractivity contribution is 7.86. The van der Waals surface area contributed by atoms with Gasteiger partial charge >= 0.3 is 0 Å². The molecule has 2 saturated heterocycles. The molecule has 0 aliphatic carbocycles. The molecule has 0 unspecified atom stereocenters. The van der Waals surface area contributed by atoms with E-state index in [1.54, 1.807) is 12.4 Å². The third-order valence-electron chi connectivity index (χ3n) is 6.05. The van der Waals surface area contributed by atoms with E-state index in [1.807, 2.05) is 0 Å². The SMILES string of the molecule is C[C@H]1COCCN1c1nc(-c2cnc(N)nc2)c2c(n1)N(C1CN(S(N)(=O)=O)C1)CC2. The van der Waals surface area contributed by atoms with Crippen molar-refractivity contribution in [2.45, 2.75) is 25.4 Å². The van der Waals surface area contributed by atoms with Gasteiger partial charge in [-0.3, -0.25) is 0 Å². The molecule has 3 aliphatic heterocycles. The van der Waals surface area contributed by atoms with Crippen molar-refractivity contribution in [1.29, 1.82) is 0 Å². The van der Waals surface area contributed by atoms with Crippen LogP contribution in [0.25, 0.3) is 11.3 Å². The van der Waals surface area contributed by atoms with Crippen LogP contribution in [0.2, 0.25) is 0 Å². The zero-order chi connectivity index (χ0) is 21.8. The van der Waals surface area contributed by atoms with Crippen molar-refractivity contribution in [3.05, 3.63) is 18.0 Å². The third kappa shape index (κ3) is 3.67. The van der Waals surface area contributed by atoms with Crippen LogP contribution in [0.3, 0.4) is 0 Å². The highest BCUT2D eigenvalue weighted by atomic mass is 32.2. The molecule has 0 amide bonds. The minimum Gasteiger partial charge on any atom is -0.377 e. The van der Waals surface area contributed by atoms with Crippen LogP contribution in [0.1, 0.15) is 12.5 Å². The van der Waals surface area contributed by atoms with Crippen molar-refractivity contribution in [3.8, 4) is 11.3 Å². The quantitative estimate of drug-likeness (QED) is 0.595. The summed E-state index contributed by atoms with van der Waals surface area (Å²) < 4.78 is 30.0. The van der Waals surface area contributed by atoms with Gasteiger partial charge < -0.3 is 20.3 Å². The number of hydrogen-bond acceptors (Lipinski definition) is 10. The monoisotopic (exact) mass is 447 g/mol. The van der Waals surface area contributed by atoms with Crippen LogP contribution in [-0.2, 0) is 21.4 Å². The lowest BCUT2D eigenvalue weighted by molar-refractivity contribution is 0.0981. The van der Waals surface area contributed by atoms with E-state index in [1.165, 1.54) is 4.31 Å². The Morgan fingerprint density at radius 2 is 1.87 bits per heavy atom. The van der Waals surface area contributed by atoms with E-state index in [0.29, 0.717) is 38.8 Å². The van der Waals surface area contributed by atoms with E-state index < -0.39 is 10.2 Å². The first-order valence-corrected chi connectivity index (χ1v) is 11.7. The minimum atomic E-state index is -3.67. The van der Waals surface area contributed by atoms with Crippen molar-refractivity contribution in [3.63, 3.8) is 0 Å². The van der Waals surface area contributed by atoms with Gasteiger partial charge in [0.15, 0.2) is 0 Å². The first kappa shape index (κ1) is 20.3.